The van der Waals surface area contributed by atoms with E-state index in [0.29, 0.717) is 17.1 Å². The number of nitrogens with one attached hydrogen (secondary N) is 1. The molecular weight excluding hydrogens is 208 g/mol. The van der Waals surface area contributed by atoms with Crippen LogP contribution in [0.2, 0.25) is 0 Å². The molecule has 16 heavy (non-hydrogen) atoms. The van der Waals surface area contributed by atoms with Crippen molar-refractivity contribution in [2.45, 2.75) is 13.8 Å². The molecule has 0 bridgehead atoms. The minimum Gasteiger partial charge on any atom is -0.468 e. The van der Waals surface area contributed by atoms with Crippen molar-refractivity contribution in [3.63, 3.8) is 0 Å². The molecule has 0 aliphatic carbocycles. The van der Waals surface area contributed by atoms with Gasteiger partial charge in [0, 0.05) is 0 Å². The van der Waals surface area contributed by atoms with Gasteiger partial charge >= 0.3 is 5.97 Å². The summed E-state index contributed by atoms with van der Waals surface area (Å²) in [5, 5.41) is 19.4. The smallest absolute Gasteiger partial charge is 0.325 e. The summed E-state index contributed by atoms with van der Waals surface area (Å²) in [7, 11) is 1.29. The second-order valence-corrected chi connectivity index (χ2v) is 3.18. The van der Waals surface area contributed by atoms with Gasteiger partial charge in [-0.05, 0) is 19.4 Å². The van der Waals surface area contributed by atoms with Crippen molar-refractivity contribution < 1.29 is 9.53 Å². The average molecular weight is 220 g/mol. The van der Waals surface area contributed by atoms with Gasteiger partial charge in [0.15, 0.2) is 5.82 Å². The quantitative estimate of drug-likeness (QED) is 0.748. The Kier molecular flexibility index (Phi) is 3.78. The first-order valence-electron chi connectivity index (χ1n) is 4.64. The highest BCUT2D eigenvalue weighted by Gasteiger charge is 2.11. The fraction of sp³-hybridized carbons (Fsp3) is 0.400. The molecule has 1 rings (SSSR count). The van der Waals surface area contributed by atoms with Crippen molar-refractivity contribution in [2.24, 2.45) is 0 Å². The van der Waals surface area contributed by atoms with Gasteiger partial charge in [-0.2, -0.15) is 10.4 Å². The lowest BCUT2D eigenvalue weighted by atomic mass is 10.1. The first-order chi connectivity index (χ1) is 7.60. The monoisotopic (exact) mass is 220 g/mol. The molecule has 84 valence electrons. The van der Waals surface area contributed by atoms with Crippen molar-refractivity contribution in [1.29, 1.82) is 5.26 Å². The Balaban J connectivity index is 2.93. The Hall–Kier alpha value is -2.16. The summed E-state index contributed by atoms with van der Waals surface area (Å²) in [6.07, 6.45) is 0. The molecule has 1 N–H and O–H groups in total. The summed E-state index contributed by atoms with van der Waals surface area (Å²) in [6, 6.07) is 2.03. The van der Waals surface area contributed by atoms with E-state index in [-0.39, 0.29) is 6.54 Å². The molecule has 6 heteroatoms. The van der Waals surface area contributed by atoms with Crippen LogP contribution < -0.4 is 5.32 Å². The van der Waals surface area contributed by atoms with Crippen LogP contribution in [0.15, 0.2) is 0 Å². The summed E-state index contributed by atoms with van der Waals surface area (Å²) in [5.74, 6) is -0.125. The summed E-state index contributed by atoms with van der Waals surface area (Å²) < 4.78 is 4.47. The molecule has 0 aromatic carbocycles. The SMILES string of the molecule is COC(=O)CNc1nnc(C)c(C)c1C#N. The third-order valence-electron chi connectivity index (χ3n) is 2.19. The third-order valence-corrected chi connectivity index (χ3v) is 2.19. The molecule has 0 unspecified atom stereocenters. The molecule has 6 nitrogen and oxygen atoms in total. The lowest BCUT2D eigenvalue weighted by Crippen LogP contribution is -2.17. The van der Waals surface area contributed by atoms with Crippen molar-refractivity contribution >= 4 is 11.8 Å². The van der Waals surface area contributed by atoms with Crippen LogP contribution in [0, 0.1) is 25.2 Å². The van der Waals surface area contributed by atoms with Gasteiger partial charge in [0.2, 0.25) is 0 Å². The van der Waals surface area contributed by atoms with Crippen LogP contribution in [0.25, 0.3) is 0 Å². The van der Waals surface area contributed by atoms with Gasteiger partial charge in [-0.1, -0.05) is 0 Å². The number of nitriles is 1. The van der Waals surface area contributed by atoms with Crippen LogP contribution >= 0.6 is 0 Å². The van der Waals surface area contributed by atoms with Crippen LogP contribution in [0.3, 0.4) is 0 Å². The Morgan fingerprint density at radius 2 is 2.19 bits per heavy atom. The number of carbonyl (C=O) groups excluding carboxylic acids is 1. The number of hydrogen-bond acceptors (Lipinski definition) is 6. The fourth-order valence-electron chi connectivity index (χ4n) is 1.10. The molecule has 1 heterocycles. The number of nitrogens with zero attached hydrogens (tertiary/aromatic N) is 3. The van der Waals surface area contributed by atoms with E-state index < -0.39 is 5.97 Å². The van der Waals surface area contributed by atoms with E-state index in [1.54, 1.807) is 13.8 Å². The molecular formula is C10H12N4O2. The summed E-state index contributed by atoms with van der Waals surface area (Å²) in [6.45, 7) is 3.52. The molecule has 0 spiro atoms. The molecule has 0 radical (unpaired) electrons. The van der Waals surface area contributed by atoms with Crippen molar-refractivity contribution in [2.75, 3.05) is 19.0 Å². The first-order valence-corrected chi connectivity index (χ1v) is 4.64. The number of aromatic nitrogens is 2. The van der Waals surface area contributed by atoms with E-state index in [1.807, 2.05) is 6.07 Å². The number of anilines is 1. The van der Waals surface area contributed by atoms with Gasteiger partial charge in [0.25, 0.3) is 0 Å². The van der Waals surface area contributed by atoms with Gasteiger partial charge in [-0.15, -0.1) is 5.10 Å². The number of hydrogen-bond donors (Lipinski definition) is 1. The summed E-state index contributed by atoms with van der Waals surface area (Å²) in [4.78, 5) is 10.9. The molecule has 0 aliphatic rings. The van der Waals surface area contributed by atoms with E-state index in [2.05, 4.69) is 20.3 Å². The Morgan fingerprint density at radius 1 is 1.50 bits per heavy atom. The number of aryl methyl sites for hydroxylation is 1. The van der Waals surface area contributed by atoms with Gasteiger partial charge in [0.05, 0.1) is 12.8 Å². The van der Waals surface area contributed by atoms with E-state index in [1.165, 1.54) is 7.11 Å². The number of ether oxygens (including phenoxy) is 1. The van der Waals surface area contributed by atoms with Gasteiger partial charge < -0.3 is 10.1 Å². The van der Waals surface area contributed by atoms with Gasteiger partial charge in [0.1, 0.15) is 18.2 Å². The highest BCUT2D eigenvalue weighted by Crippen LogP contribution is 2.16. The Morgan fingerprint density at radius 3 is 2.75 bits per heavy atom. The number of rotatable bonds is 3. The average Bonchev–Trinajstić information content (AvgIpc) is 2.30. The zero-order valence-electron chi connectivity index (χ0n) is 9.37. The second-order valence-electron chi connectivity index (χ2n) is 3.18. The zero-order valence-corrected chi connectivity index (χ0v) is 9.37. The van der Waals surface area contributed by atoms with Crippen LogP contribution in [0.1, 0.15) is 16.8 Å². The molecule has 1 aromatic heterocycles. The normalized spacial score (nSPS) is 9.38. The molecule has 0 fully saturated rings. The molecule has 1 aromatic rings. The number of methoxy groups -OCH3 is 1. The predicted molar refractivity (Wildman–Crippen MR) is 56.7 cm³/mol. The summed E-state index contributed by atoms with van der Waals surface area (Å²) in [5.41, 5.74) is 1.85. The van der Waals surface area contributed by atoms with E-state index in [9.17, 15) is 4.79 Å². The molecule has 0 saturated carbocycles. The Labute approximate surface area is 93.2 Å². The predicted octanol–water partition coefficient (Wildman–Crippen LogP) is 0.550. The largest absolute Gasteiger partial charge is 0.468 e. The minimum atomic E-state index is -0.427. The maximum Gasteiger partial charge on any atom is 0.325 e. The minimum absolute atomic E-state index is 0.0393. The van der Waals surface area contributed by atoms with Crippen LogP contribution in [-0.2, 0) is 9.53 Å². The molecule has 0 saturated heterocycles. The zero-order chi connectivity index (χ0) is 12.1. The standard InChI is InChI=1S/C10H12N4O2/c1-6-7(2)13-14-10(8(6)4-11)12-5-9(15)16-3/h5H2,1-3H3,(H,12,14). The molecule has 0 aliphatic heterocycles. The van der Waals surface area contributed by atoms with Crippen LogP contribution in [0.5, 0.6) is 0 Å². The highest BCUT2D eigenvalue weighted by molar-refractivity contribution is 5.75. The van der Waals surface area contributed by atoms with E-state index in [4.69, 9.17) is 5.26 Å². The van der Waals surface area contributed by atoms with Crippen LogP contribution in [-0.4, -0.2) is 29.8 Å². The maximum absolute atomic E-state index is 10.9. The summed E-state index contributed by atoms with van der Waals surface area (Å²) >= 11 is 0. The van der Waals surface area contributed by atoms with Crippen LogP contribution in [0.4, 0.5) is 5.82 Å². The van der Waals surface area contributed by atoms with Gasteiger partial charge in [-0.25, -0.2) is 0 Å². The second kappa shape index (κ2) is 5.07. The number of carbonyl (C=O) groups is 1. The van der Waals surface area contributed by atoms with Crippen molar-refractivity contribution in [1.82, 2.24) is 10.2 Å². The lowest BCUT2D eigenvalue weighted by Gasteiger charge is -2.08. The van der Waals surface area contributed by atoms with E-state index in [0.717, 1.165) is 5.56 Å². The fourth-order valence-corrected chi connectivity index (χ4v) is 1.10. The van der Waals surface area contributed by atoms with Crippen molar-refractivity contribution in [3.05, 3.63) is 16.8 Å². The molecule has 0 amide bonds. The van der Waals surface area contributed by atoms with Crippen molar-refractivity contribution in [3.8, 4) is 6.07 Å². The maximum atomic E-state index is 10.9. The van der Waals surface area contributed by atoms with Gasteiger partial charge in [-0.3, -0.25) is 4.79 Å². The highest BCUT2D eigenvalue weighted by atomic mass is 16.5. The van der Waals surface area contributed by atoms with E-state index >= 15 is 0 Å². The Bertz CT molecular complexity index is 451. The lowest BCUT2D eigenvalue weighted by molar-refractivity contribution is -0.138. The topological polar surface area (TPSA) is 87.9 Å². The molecule has 0 atom stereocenters. The third kappa shape index (κ3) is 2.45. The number of esters is 1. The first kappa shape index (κ1) is 11.9.